The zero-order valence-corrected chi connectivity index (χ0v) is 12.0. The van der Waals surface area contributed by atoms with Crippen molar-refractivity contribution >= 4 is 5.82 Å². The molecule has 2 heterocycles. The van der Waals surface area contributed by atoms with Crippen LogP contribution in [-0.4, -0.2) is 29.1 Å². The molecular formula is C15H24N4. The van der Waals surface area contributed by atoms with Crippen molar-refractivity contribution in [1.82, 2.24) is 15.3 Å². The zero-order chi connectivity index (χ0) is 13.2. The molecule has 1 atom stereocenters. The average Bonchev–Trinajstić information content (AvgIpc) is 3.11. The monoisotopic (exact) mass is 260 g/mol. The smallest absolute Gasteiger partial charge is 0.147 e. The molecule has 0 bridgehead atoms. The van der Waals surface area contributed by atoms with Crippen molar-refractivity contribution in [2.45, 2.75) is 45.7 Å². The van der Waals surface area contributed by atoms with Gasteiger partial charge in [-0.05, 0) is 31.1 Å². The van der Waals surface area contributed by atoms with E-state index >= 15 is 0 Å². The summed E-state index contributed by atoms with van der Waals surface area (Å²) in [4.78, 5) is 11.5. The molecule has 0 spiro atoms. The van der Waals surface area contributed by atoms with Crippen LogP contribution in [0, 0.1) is 11.8 Å². The van der Waals surface area contributed by atoms with Crippen molar-refractivity contribution in [3.8, 4) is 0 Å². The minimum Gasteiger partial charge on any atom is -0.355 e. The van der Waals surface area contributed by atoms with Crippen LogP contribution in [0.25, 0.3) is 0 Å². The fourth-order valence-corrected chi connectivity index (χ4v) is 2.68. The van der Waals surface area contributed by atoms with Crippen molar-refractivity contribution in [3.63, 3.8) is 0 Å². The lowest BCUT2D eigenvalue weighted by molar-refractivity contribution is 0.422. The van der Waals surface area contributed by atoms with Gasteiger partial charge in [0.1, 0.15) is 5.82 Å². The summed E-state index contributed by atoms with van der Waals surface area (Å²) in [5, 5.41) is 3.47. The summed E-state index contributed by atoms with van der Waals surface area (Å²) in [7, 11) is 0. The van der Waals surface area contributed by atoms with Crippen LogP contribution in [0.2, 0.25) is 0 Å². The van der Waals surface area contributed by atoms with Crippen molar-refractivity contribution < 1.29 is 0 Å². The molecule has 2 aliphatic rings. The van der Waals surface area contributed by atoms with Crippen LogP contribution in [0.1, 0.15) is 38.8 Å². The van der Waals surface area contributed by atoms with E-state index in [1.807, 2.05) is 12.4 Å². The summed E-state index contributed by atoms with van der Waals surface area (Å²) in [5.74, 6) is 2.61. The van der Waals surface area contributed by atoms with Crippen molar-refractivity contribution in [2.24, 2.45) is 11.8 Å². The number of aromatic nitrogens is 2. The van der Waals surface area contributed by atoms with Crippen LogP contribution < -0.4 is 10.2 Å². The number of nitrogens with one attached hydrogen (secondary N) is 1. The summed E-state index contributed by atoms with van der Waals surface area (Å²) in [6.07, 6.45) is 7.77. The molecule has 0 radical (unpaired) electrons. The average molecular weight is 260 g/mol. The Morgan fingerprint density at radius 1 is 1.26 bits per heavy atom. The molecular weight excluding hydrogens is 236 g/mol. The van der Waals surface area contributed by atoms with Gasteiger partial charge < -0.3 is 10.2 Å². The van der Waals surface area contributed by atoms with Crippen LogP contribution in [0.15, 0.2) is 12.4 Å². The molecule has 104 valence electrons. The van der Waals surface area contributed by atoms with Crippen molar-refractivity contribution in [2.75, 3.05) is 18.0 Å². The number of hydrogen-bond donors (Lipinski definition) is 1. The highest BCUT2D eigenvalue weighted by molar-refractivity contribution is 5.37. The van der Waals surface area contributed by atoms with Gasteiger partial charge in [0.2, 0.25) is 0 Å². The maximum absolute atomic E-state index is 4.58. The van der Waals surface area contributed by atoms with Crippen LogP contribution in [0.4, 0.5) is 5.82 Å². The Balaban J connectivity index is 1.56. The lowest BCUT2D eigenvalue weighted by Crippen LogP contribution is -2.23. The van der Waals surface area contributed by atoms with Gasteiger partial charge in [0.25, 0.3) is 0 Å². The molecule has 1 aliphatic carbocycles. The van der Waals surface area contributed by atoms with E-state index in [1.54, 1.807) is 0 Å². The summed E-state index contributed by atoms with van der Waals surface area (Å²) in [5.41, 5.74) is 1.05. The SMILES string of the molecule is CC(C)C1CCN(c2cnc(CNC3CC3)cn2)C1. The molecule has 0 aromatic carbocycles. The third-order valence-corrected chi connectivity index (χ3v) is 4.33. The first-order valence-electron chi connectivity index (χ1n) is 7.51. The molecule has 1 unspecified atom stereocenters. The minimum absolute atomic E-state index is 0.729. The molecule has 1 saturated heterocycles. The Bertz CT molecular complexity index is 411. The van der Waals surface area contributed by atoms with E-state index in [-0.39, 0.29) is 0 Å². The second kappa shape index (κ2) is 5.45. The summed E-state index contributed by atoms with van der Waals surface area (Å²) < 4.78 is 0. The van der Waals surface area contributed by atoms with E-state index in [0.717, 1.165) is 49.0 Å². The Labute approximate surface area is 115 Å². The van der Waals surface area contributed by atoms with Gasteiger partial charge in [-0.15, -0.1) is 0 Å². The van der Waals surface area contributed by atoms with Gasteiger partial charge in [0.05, 0.1) is 18.1 Å². The van der Waals surface area contributed by atoms with Gasteiger partial charge in [-0.3, -0.25) is 4.98 Å². The Hall–Kier alpha value is -1.16. The molecule has 2 fully saturated rings. The van der Waals surface area contributed by atoms with Gasteiger partial charge in [-0.1, -0.05) is 13.8 Å². The molecule has 19 heavy (non-hydrogen) atoms. The van der Waals surface area contributed by atoms with Gasteiger partial charge in [0, 0.05) is 25.7 Å². The molecule has 4 heteroatoms. The molecule has 1 aromatic rings. The van der Waals surface area contributed by atoms with Crippen molar-refractivity contribution in [1.29, 1.82) is 0 Å². The molecule has 4 nitrogen and oxygen atoms in total. The van der Waals surface area contributed by atoms with E-state index < -0.39 is 0 Å². The fourth-order valence-electron chi connectivity index (χ4n) is 2.68. The van der Waals surface area contributed by atoms with Gasteiger partial charge >= 0.3 is 0 Å². The molecule has 1 aliphatic heterocycles. The normalized spacial score (nSPS) is 23.3. The van der Waals surface area contributed by atoms with E-state index in [1.165, 1.54) is 19.3 Å². The van der Waals surface area contributed by atoms with Gasteiger partial charge in [-0.2, -0.15) is 0 Å². The Kier molecular flexibility index (Phi) is 3.69. The predicted molar refractivity (Wildman–Crippen MR) is 77.1 cm³/mol. The van der Waals surface area contributed by atoms with Crippen LogP contribution in [-0.2, 0) is 6.54 Å². The summed E-state index contributed by atoms with van der Waals surface area (Å²) in [6, 6.07) is 0.729. The van der Waals surface area contributed by atoms with Gasteiger partial charge in [-0.25, -0.2) is 4.98 Å². The van der Waals surface area contributed by atoms with E-state index in [9.17, 15) is 0 Å². The predicted octanol–water partition coefficient (Wildman–Crippen LogP) is 2.21. The number of nitrogens with zero attached hydrogens (tertiary/aromatic N) is 3. The van der Waals surface area contributed by atoms with Crippen LogP contribution >= 0.6 is 0 Å². The maximum Gasteiger partial charge on any atom is 0.147 e. The molecule has 3 rings (SSSR count). The number of hydrogen-bond acceptors (Lipinski definition) is 4. The number of anilines is 1. The molecule has 0 amide bonds. The summed E-state index contributed by atoms with van der Waals surface area (Å²) in [6.45, 7) is 7.73. The number of rotatable bonds is 5. The first kappa shape index (κ1) is 12.9. The third kappa shape index (κ3) is 3.24. The minimum atomic E-state index is 0.729. The second-order valence-corrected chi connectivity index (χ2v) is 6.26. The fraction of sp³-hybridized carbons (Fsp3) is 0.733. The molecule has 1 saturated carbocycles. The largest absolute Gasteiger partial charge is 0.355 e. The first-order valence-corrected chi connectivity index (χ1v) is 7.51. The highest BCUT2D eigenvalue weighted by atomic mass is 15.2. The van der Waals surface area contributed by atoms with Crippen molar-refractivity contribution in [3.05, 3.63) is 18.1 Å². The topological polar surface area (TPSA) is 41.1 Å². The second-order valence-electron chi connectivity index (χ2n) is 6.26. The lowest BCUT2D eigenvalue weighted by Gasteiger charge is -2.18. The van der Waals surface area contributed by atoms with Gasteiger partial charge in [0.15, 0.2) is 0 Å². The lowest BCUT2D eigenvalue weighted by atomic mass is 9.95. The third-order valence-electron chi connectivity index (χ3n) is 4.33. The highest BCUT2D eigenvalue weighted by Gasteiger charge is 2.25. The van der Waals surface area contributed by atoms with Crippen LogP contribution in [0.5, 0.6) is 0 Å². The highest BCUT2D eigenvalue weighted by Crippen LogP contribution is 2.26. The zero-order valence-electron chi connectivity index (χ0n) is 12.0. The van der Waals surface area contributed by atoms with E-state index in [4.69, 9.17) is 0 Å². The van der Waals surface area contributed by atoms with E-state index in [2.05, 4.69) is 34.0 Å². The van der Waals surface area contributed by atoms with Crippen LogP contribution in [0.3, 0.4) is 0 Å². The first-order chi connectivity index (χ1) is 9.22. The standard InChI is InChI=1S/C15H24N4/c1-11(2)12-5-6-19(10-12)15-9-17-14(8-18-15)7-16-13-3-4-13/h8-9,11-13,16H,3-7,10H2,1-2H3. The Morgan fingerprint density at radius 2 is 2.11 bits per heavy atom. The summed E-state index contributed by atoms with van der Waals surface area (Å²) >= 11 is 0. The van der Waals surface area contributed by atoms with E-state index in [0.29, 0.717) is 0 Å². The maximum atomic E-state index is 4.58. The molecule has 1 N–H and O–H groups in total. The molecule has 1 aromatic heterocycles. The Morgan fingerprint density at radius 3 is 2.68 bits per heavy atom. The quantitative estimate of drug-likeness (QED) is 0.881.